The number of nitrogens with zero attached hydrogens (tertiary/aromatic N) is 2. The molecule has 2 aromatic heterocycles. The summed E-state index contributed by atoms with van der Waals surface area (Å²) in [7, 11) is 0. The predicted molar refractivity (Wildman–Crippen MR) is 125 cm³/mol. The van der Waals surface area contributed by atoms with Gasteiger partial charge in [0.2, 0.25) is 5.91 Å². The number of amides is 1. The highest BCUT2D eigenvalue weighted by atomic mass is 32.2. The van der Waals surface area contributed by atoms with Crippen molar-refractivity contribution in [2.24, 2.45) is 0 Å². The summed E-state index contributed by atoms with van der Waals surface area (Å²) in [4.78, 5) is 30.9. The Morgan fingerprint density at radius 1 is 1.16 bits per heavy atom. The molecule has 2 heterocycles. The van der Waals surface area contributed by atoms with Gasteiger partial charge in [0.25, 0.3) is 5.56 Å². The maximum absolute atomic E-state index is 13.8. The van der Waals surface area contributed by atoms with Crippen molar-refractivity contribution >= 4 is 44.9 Å². The van der Waals surface area contributed by atoms with E-state index in [1.54, 1.807) is 6.08 Å². The van der Waals surface area contributed by atoms with Gasteiger partial charge in [0.15, 0.2) is 5.16 Å². The molecule has 5 nitrogen and oxygen atoms in total. The number of thioether (sulfide) groups is 1. The van der Waals surface area contributed by atoms with Crippen molar-refractivity contribution in [3.63, 3.8) is 0 Å². The van der Waals surface area contributed by atoms with Crippen LogP contribution in [0.15, 0.2) is 77.2 Å². The average Bonchev–Trinajstić information content (AvgIpc) is 3.22. The van der Waals surface area contributed by atoms with Crippen LogP contribution in [0.25, 0.3) is 20.7 Å². The van der Waals surface area contributed by atoms with E-state index in [-0.39, 0.29) is 17.9 Å². The van der Waals surface area contributed by atoms with E-state index in [0.717, 1.165) is 34.3 Å². The molecule has 0 aliphatic carbocycles. The van der Waals surface area contributed by atoms with Gasteiger partial charge >= 0.3 is 0 Å². The second-order valence-corrected chi connectivity index (χ2v) is 8.72. The average molecular weight is 470 g/mol. The van der Waals surface area contributed by atoms with Gasteiger partial charge < -0.3 is 5.32 Å². The van der Waals surface area contributed by atoms with Crippen molar-refractivity contribution in [1.82, 2.24) is 9.55 Å². The lowest BCUT2D eigenvalue weighted by molar-refractivity contribution is -0.113. The summed E-state index contributed by atoms with van der Waals surface area (Å²) in [5.41, 5.74) is 0.772. The molecular weight excluding hydrogens is 452 g/mol. The van der Waals surface area contributed by atoms with Crippen molar-refractivity contribution in [3.8, 4) is 10.4 Å². The van der Waals surface area contributed by atoms with E-state index < -0.39 is 23.2 Å². The number of hydrogen-bond donors (Lipinski definition) is 1. The van der Waals surface area contributed by atoms with Gasteiger partial charge in [-0.05, 0) is 23.8 Å². The van der Waals surface area contributed by atoms with Crippen molar-refractivity contribution < 1.29 is 13.6 Å². The number of hydrogen-bond acceptors (Lipinski definition) is 5. The lowest BCUT2D eigenvalue weighted by Gasteiger charge is -2.10. The summed E-state index contributed by atoms with van der Waals surface area (Å²) < 4.78 is 29.5. The molecule has 32 heavy (non-hydrogen) atoms. The Labute approximate surface area is 190 Å². The maximum atomic E-state index is 13.8. The van der Waals surface area contributed by atoms with E-state index in [1.807, 2.05) is 36.4 Å². The normalized spacial score (nSPS) is 10.9. The second-order valence-electron chi connectivity index (χ2n) is 6.72. The number of anilines is 1. The van der Waals surface area contributed by atoms with Crippen LogP contribution in [0, 0.1) is 11.6 Å². The first-order valence-electron chi connectivity index (χ1n) is 9.55. The molecule has 0 aliphatic heterocycles. The molecule has 2 aromatic carbocycles. The first kappa shape index (κ1) is 21.9. The van der Waals surface area contributed by atoms with Gasteiger partial charge in [-0.3, -0.25) is 14.2 Å². The fourth-order valence-corrected chi connectivity index (χ4v) is 4.92. The van der Waals surface area contributed by atoms with Crippen LogP contribution in [0.3, 0.4) is 0 Å². The van der Waals surface area contributed by atoms with Crippen molar-refractivity contribution in [3.05, 3.63) is 89.2 Å². The van der Waals surface area contributed by atoms with E-state index in [0.29, 0.717) is 15.4 Å². The number of rotatable bonds is 7. The molecule has 0 radical (unpaired) electrons. The van der Waals surface area contributed by atoms with Crippen molar-refractivity contribution in [2.45, 2.75) is 11.7 Å². The zero-order chi connectivity index (χ0) is 22.7. The highest BCUT2D eigenvalue weighted by Gasteiger charge is 2.17. The smallest absolute Gasteiger partial charge is 0.272 e. The summed E-state index contributed by atoms with van der Waals surface area (Å²) in [5, 5.41) is 2.56. The molecule has 4 aromatic rings. The summed E-state index contributed by atoms with van der Waals surface area (Å²) in [6, 6.07) is 14.8. The van der Waals surface area contributed by atoms with Gasteiger partial charge in [-0.2, -0.15) is 0 Å². The number of carbonyl (C=O) groups excluding carboxylic acids is 1. The Kier molecular flexibility index (Phi) is 6.48. The van der Waals surface area contributed by atoms with Crippen LogP contribution in [0.1, 0.15) is 0 Å². The molecule has 0 saturated carbocycles. The van der Waals surface area contributed by atoms with Crippen LogP contribution in [0.4, 0.5) is 14.5 Å². The highest BCUT2D eigenvalue weighted by molar-refractivity contribution is 7.99. The number of allylic oxidation sites excluding steroid dienone is 1. The van der Waals surface area contributed by atoms with Crippen LogP contribution in [0.2, 0.25) is 0 Å². The molecule has 9 heteroatoms. The standard InChI is InChI=1S/C23H17F2N3O2S2/c1-2-11-28-22(30)21-17(12-18(32-21)14-7-4-3-5-8-14)26-23(28)31-13-19(29)27-20-15(24)9-6-10-16(20)25/h2-10,12H,1,11,13H2,(H,27,29). The minimum Gasteiger partial charge on any atom is -0.320 e. The number of para-hydroxylation sites is 1. The van der Waals surface area contributed by atoms with Crippen molar-refractivity contribution in [2.75, 3.05) is 11.1 Å². The number of nitrogens with one attached hydrogen (secondary N) is 1. The Balaban J connectivity index is 1.62. The fraction of sp³-hybridized carbons (Fsp3) is 0.0870. The number of carbonyl (C=O) groups is 1. The van der Waals surface area contributed by atoms with E-state index >= 15 is 0 Å². The molecule has 162 valence electrons. The molecule has 4 rings (SSSR count). The molecule has 0 atom stereocenters. The largest absolute Gasteiger partial charge is 0.320 e. The van der Waals surface area contributed by atoms with Gasteiger partial charge in [-0.1, -0.05) is 54.2 Å². The van der Waals surface area contributed by atoms with Gasteiger partial charge in [0, 0.05) is 11.4 Å². The third-order valence-electron chi connectivity index (χ3n) is 4.53. The third-order valence-corrected chi connectivity index (χ3v) is 6.67. The lowest BCUT2D eigenvalue weighted by atomic mass is 10.2. The Hall–Kier alpha value is -3.30. The van der Waals surface area contributed by atoms with E-state index in [4.69, 9.17) is 0 Å². The molecule has 0 spiro atoms. The van der Waals surface area contributed by atoms with E-state index in [2.05, 4.69) is 16.9 Å². The SMILES string of the molecule is C=CCn1c(SCC(=O)Nc2c(F)cccc2F)nc2cc(-c3ccccc3)sc2c1=O. The third kappa shape index (κ3) is 4.49. The number of benzene rings is 2. The summed E-state index contributed by atoms with van der Waals surface area (Å²) in [6.45, 7) is 3.90. The van der Waals surface area contributed by atoms with Crippen LogP contribution in [0.5, 0.6) is 0 Å². The number of fused-ring (bicyclic) bond motifs is 1. The summed E-state index contributed by atoms with van der Waals surface area (Å²) in [6.07, 6.45) is 1.57. The highest BCUT2D eigenvalue weighted by Crippen LogP contribution is 2.32. The van der Waals surface area contributed by atoms with Crippen LogP contribution in [-0.4, -0.2) is 21.2 Å². The van der Waals surface area contributed by atoms with Crippen molar-refractivity contribution in [1.29, 1.82) is 0 Å². The monoisotopic (exact) mass is 469 g/mol. The van der Waals surface area contributed by atoms with Crippen LogP contribution >= 0.6 is 23.1 Å². The first-order chi connectivity index (χ1) is 15.5. The molecule has 0 bridgehead atoms. The summed E-state index contributed by atoms with van der Waals surface area (Å²) in [5.74, 6) is -2.52. The quantitative estimate of drug-likeness (QED) is 0.226. The Morgan fingerprint density at radius 2 is 1.88 bits per heavy atom. The minimum absolute atomic E-state index is 0.182. The van der Waals surface area contributed by atoms with Crippen LogP contribution < -0.4 is 10.9 Å². The van der Waals surface area contributed by atoms with Crippen LogP contribution in [-0.2, 0) is 11.3 Å². The minimum atomic E-state index is -0.863. The molecule has 0 aliphatic rings. The van der Waals surface area contributed by atoms with E-state index in [1.165, 1.54) is 22.0 Å². The van der Waals surface area contributed by atoms with Gasteiger partial charge in [0.05, 0.1) is 11.3 Å². The lowest BCUT2D eigenvalue weighted by Crippen LogP contribution is -2.23. The molecule has 0 unspecified atom stereocenters. The topological polar surface area (TPSA) is 64.0 Å². The van der Waals surface area contributed by atoms with Gasteiger partial charge in [-0.15, -0.1) is 17.9 Å². The molecule has 0 saturated heterocycles. The zero-order valence-corrected chi connectivity index (χ0v) is 18.3. The number of thiophene rings is 1. The molecule has 1 amide bonds. The summed E-state index contributed by atoms with van der Waals surface area (Å²) >= 11 is 2.36. The maximum Gasteiger partial charge on any atom is 0.272 e. The predicted octanol–water partition coefficient (Wildman–Crippen LogP) is 5.32. The fourth-order valence-electron chi connectivity index (χ4n) is 3.06. The number of halogens is 2. The number of aromatic nitrogens is 2. The second kappa shape index (κ2) is 9.46. The first-order valence-corrected chi connectivity index (χ1v) is 11.4. The van der Waals surface area contributed by atoms with Gasteiger partial charge in [-0.25, -0.2) is 13.8 Å². The molecule has 1 N–H and O–H groups in total. The molecular formula is C23H17F2N3O2S2. The van der Waals surface area contributed by atoms with Gasteiger partial charge in [0.1, 0.15) is 22.0 Å². The molecule has 0 fully saturated rings. The van der Waals surface area contributed by atoms with E-state index in [9.17, 15) is 18.4 Å². The Morgan fingerprint density at radius 3 is 2.56 bits per heavy atom. The Bertz CT molecular complexity index is 1350. The zero-order valence-electron chi connectivity index (χ0n) is 16.7.